The number of benzene rings is 2. The minimum atomic E-state index is -0.887. The number of pyridine rings is 2. The summed E-state index contributed by atoms with van der Waals surface area (Å²) in [4.78, 5) is 0. The molecular formula is C30H30BN2+. The Morgan fingerprint density at radius 2 is 0.909 bits per heavy atom. The average molecular weight is 429 g/mol. The van der Waals surface area contributed by atoms with Crippen molar-refractivity contribution in [1.29, 1.82) is 0 Å². The summed E-state index contributed by atoms with van der Waals surface area (Å²) in [6.45, 7) is 0. The van der Waals surface area contributed by atoms with Gasteiger partial charge in [-0.1, -0.05) is 99.2 Å². The van der Waals surface area contributed by atoms with E-state index in [0.717, 1.165) is 11.6 Å². The van der Waals surface area contributed by atoms with E-state index >= 15 is 0 Å². The minimum absolute atomic E-state index is 0.754. The van der Waals surface area contributed by atoms with Gasteiger partial charge in [0.05, 0.1) is 0 Å². The zero-order chi connectivity index (χ0) is 21.8. The summed E-state index contributed by atoms with van der Waals surface area (Å²) in [5.41, 5.74) is 8.08. The normalized spacial score (nSPS) is 22.1. The standard InChI is InChI=1S/C30H30BN2/c1-3-9-23(10-4-1)25-17-19-29-30-20-18-26(24-11-5-2-6-12-24)22-33(30)31(32(29)21-25)27-13-7-14-28(31)16-8-15-27/h1-6,9-12,17-22,27-28H,7-8,13-16H2/q+1. The lowest BCUT2D eigenvalue weighted by Crippen LogP contribution is -2.84. The maximum Gasteiger partial charge on any atom is 0.553 e. The molecule has 4 aromatic rings. The summed E-state index contributed by atoms with van der Waals surface area (Å²) < 4.78 is 5.53. The molecule has 2 bridgehead atoms. The van der Waals surface area contributed by atoms with Crippen LogP contribution in [0.25, 0.3) is 33.6 Å². The first-order valence-electron chi connectivity index (χ1n) is 12.7. The highest BCUT2D eigenvalue weighted by atomic mass is 15.2. The predicted molar refractivity (Wildman–Crippen MR) is 135 cm³/mol. The Hall–Kier alpha value is -3.20. The van der Waals surface area contributed by atoms with Gasteiger partial charge in [0.1, 0.15) is 12.4 Å². The van der Waals surface area contributed by atoms with E-state index in [0.29, 0.717) is 0 Å². The lowest BCUT2D eigenvalue weighted by atomic mass is 9.24. The third-order valence-corrected chi connectivity index (χ3v) is 9.01. The first-order chi connectivity index (χ1) is 16.4. The Bertz CT molecular complexity index is 1220. The summed E-state index contributed by atoms with van der Waals surface area (Å²) in [5.74, 6) is 1.51. The Morgan fingerprint density at radius 3 is 1.33 bits per heavy atom. The molecule has 162 valence electrons. The van der Waals surface area contributed by atoms with Gasteiger partial charge in [-0.15, -0.1) is 0 Å². The van der Waals surface area contributed by atoms with Gasteiger partial charge in [-0.25, -0.2) is 0 Å². The van der Waals surface area contributed by atoms with Gasteiger partial charge < -0.3 is 8.96 Å². The highest BCUT2D eigenvalue weighted by Gasteiger charge is 2.68. The van der Waals surface area contributed by atoms with E-state index in [4.69, 9.17) is 0 Å². The molecule has 3 aliphatic rings. The Labute approximate surface area is 196 Å². The van der Waals surface area contributed by atoms with Crippen LogP contribution < -0.4 is 8.96 Å². The van der Waals surface area contributed by atoms with Crippen LogP contribution in [-0.4, -0.2) is 6.42 Å². The molecule has 2 fully saturated rings. The summed E-state index contributed by atoms with van der Waals surface area (Å²) in [5, 5.41) is 0. The van der Waals surface area contributed by atoms with E-state index in [9.17, 15) is 0 Å². The first-order valence-corrected chi connectivity index (χ1v) is 12.7. The van der Waals surface area contributed by atoms with E-state index in [1.165, 1.54) is 72.2 Å². The zero-order valence-electron chi connectivity index (χ0n) is 19.1. The van der Waals surface area contributed by atoms with Crippen molar-refractivity contribution in [2.45, 2.75) is 50.2 Å². The fraction of sp³-hybridized carbons (Fsp3) is 0.267. The molecule has 0 unspecified atom stereocenters. The Kier molecular flexibility index (Phi) is 4.33. The van der Waals surface area contributed by atoms with Crippen LogP contribution in [0.15, 0.2) is 97.3 Å². The summed E-state index contributed by atoms with van der Waals surface area (Å²) in [6.07, 6.45) is 12.3. The van der Waals surface area contributed by atoms with E-state index in [2.05, 4.69) is 106 Å². The van der Waals surface area contributed by atoms with Gasteiger partial charge in [-0.2, -0.15) is 0 Å². The molecule has 1 spiro atoms. The van der Waals surface area contributed by atoms with Crippen molar-refractivity contribution in [2.75, 3.05) is 0 Å². The highest BCUT2D eigenvalue weighted by Crippen LogP contribution is 2.52. The maximum atomic E-state index is 2.76. The van der Waals surface area contributed by atoms with Gasteiger partial charge in [-0.3, -0.25) is 0 Å². The predicted octanol–water partition coefficient (Wildman–Crippen LogP) is 6.52. The first kappa shape index (κ1) is 19.3. The molecule has 3 heteroatoms. The van der Waals surface area contributed by atoms with Crippen molar-refractivity contribution in [3.8, 4) is 33.6 Å². The van der Waals surface area contributed by atoms with Gasteiger partial charge in [0.2, 0.25) is 11.4 Å². The van der Waals surface area contributed by atoms with Gasteiger partial charge >= 0.3 is 6.42 Å². The van der Waals surface area contributed by atoms with Crippen molar-refractivity contribution in [1.82, 2.24) is 0 Å². The van der Waals surface area contributed by atoms with Crippen LogP contribution >= 0.6 is 0 Å². The molecule has 0 atom stereocenters. The second kappa shape index (κ2) is 7.41. The Balaban J connectivity index is 1.49. The molecule has 3 aliphatic heterocycles. The van der Waals surface area contributed by atoms with E-state index in [1.807, 2.05) is 0 Å². The molecule has 2 aromatic carbocycles. The van der Waals surface area contributed by atoms with Crippen molar-refractivity contribution < 1.29 is 8.96 Å². The van der Waals surface area contributed by atoms with Crippen molar-refractivity contribution >= 4 is 6.42 Å². The molecule has 5 heterocycles. The molecular weight excluding hydrogens is 399 g/mol. The number of aromatic nitrogens is 2. The fourth-order valence-electron chi connectivity index (χ4n) is 7.74. The van der Waals surface area contributed by atoms with E-state index < -0.39 is 6.42 Å². The van der Waals surface area contributed by atoms with E-state index in [-0.39, 0.29) is 0 Å². The van der Waals surface area contributed by atoms with Crippen molar-refractivity contribution in [2.24, 2.45) is 0 Å². The van der Waals surface area contributed by atoms with Crippen molar-refractivity contribution in [3.63, 3.8) is 0 Å². The molecule has 0 N–H and O–H groups in total. The molecule has 0 aliphatic carbocycles. The number of rotatable bonds is 2. The van der Waals surface area contributed by atoms with Gasteiger partial charge in [0.25, 0.3) is 0 Å². The molecule has 7 rings (SSSR count). The summed E-state index contributed by atoms with van der Waals surface area (Å²) in [6, 6.07) is 31.2. The van der Waals surface area contributed by atoms with Crippen molar-refractivity contribution in [3.05, 3.63) is 97.3 Å². The van der Waals surface area contributed by atoms with Gasteiger partial charge in [0.15, 0.2) is 0 Å². The van der Waals surface area contributed by atoms with Crippen LogP contribution in [0, 0.1) is 0 Å². The lowest BCUT2D eigenvalue weighted by molar-refractivity contribution is -0.652. The largest absolute Gasteiger partial charge is 0.553 e. The minimum Gasteiger partial charge on any atom is -0.349 e. The van der Waals surface area contributed by atoms with Crippen LogP contribution in [-0.2, 0) is 0 Å². The van der Waals surface area contributed by atoms with Crippen LogP contribution in [0.1, 0.15) is 38.5 Å². The molecule has 2 nitrogen and oxygen atoms in total. The van der Waals surface area contributed by atoms with Gasteiger partial charge in [-0.05, 0) is 34.9 Å². The van der Waals surface area contributed by atoms with Crippen LogP contribution in [0.4, 0.5) is 0 Å². The maximum absolute atomic E-state index is 2.76. The van der Waals surface area contributed by atoms with Crippen LogP contribution in [0.3, 0.4) is 0 Å². The molecule has 0 radical (unpaired) electrons. The molecule has 2 saturated heterocycles. The molecule has 33 heavy (non-hydrogen) atoms. The topological polar surface area (TPSA) is 7.76 Å². The van der Waals surface area contributed by atoms with Gasteiger partial charge in [0, 0.05) is 23.3 Å². The average Bonchev–Trinajstić information content (AvgIpc) is 3.14. The molecule has 2 aromatic heterocycles. The fourth-order valence-corrected chi connectivity index (χ4v) is 7.74. The number of nitrogens with zero attached hydrogens (tertiary/aromatic N) is 2. The second-order valence-electron chi connectivity index (χ2n) is 10.4. The zero-order valence-corrected chi connectivity index (χ0v) is 19.1. The smallest absolute Gasteiger partial charge is 0.349 e. The summed E-state index contributed by atoms with van der Waals surface area (Å²) >= 11 is 0. The number of hydrogen-bond donors (Lipinski definition) is 0. The third kappa shape index (κ3) is 2.75. The quantitative estimate of drug-likeness (QED) is 0.321. The number of hydrogen-bond acceptors (Lipinski definition) is 0. The number of fused-ring (bicyclic) bond motifs is 3. The van der Waals surface area contributed by atoms with Crippen LogP contribution in [0.5, 0.6) is 0 Å². The van der Waals surface area contributed by atoms with Crippen LogP contribution in [0.2, 0.25) is 11.6 Å². The molecule has 0 amide bonds. The highest BCUT2D eigenvalue weighted by molar-refractivity contribution is 6.67. The Morgan fingerprint density at radius 1 is 0.485 bits per heavy atom. The van der Waals surface area contributed by atoms with E-state index in [1.54, 1.807) is 0 Å². The SMILES string of the molecule is c1ccc(-c2ccc3[n+](c2)[B-]2(C4CCCC2CCC4)[n+]2cc(-c4ccccc4)ccc2-3)cc1. The monoisotopic (exact) mass is 429 g/mol. The lowest BCUT2D eigenvalue weighted by Gasteiger charge is -2.45. The second-order valence-corrected chi connectivity index (χ2v) is 10.4. The summed E-state index contributed by atoms with van der Waals surface area (Å²) in [7, 11) is 0. The third-order valence-electron chi connectivity index (χ3n) is 9.01. The molecule has 0 saturated carbocycles.